The van der Waals surface area contributed by atoms with Crippen molar-refractivity contribution in [3.8, 4) is 0 Å². The van der Waals surface area contributed by atoms with E-state index < -0.39 is 0 Å². The molecule has 0 bridgehead atoms. The van der Waals surface area contributed by atoms with Gasteiger partial charge < -0.3 is 10.2 Å². The first-order chi connectivity index (χ1) is 13.7. The quantitative estimate of drug-likeness (QED) is 0.701. The highest BCUT2D eigenvalue weighted by atomic mass is 16.2. The number of nitrogens with zero attached hydrogens (tertiary/aromatic N) is 4. The molecule has 1 aliphatic heterocycles. The van der Waals surface area contributed by atoms with Crippen LogP contribution >= 0.6 is 0 Å². The molecule has 0 aliphatic carbocycles. The number of amides is 2. The molecule has 3 heterocycles. The Kier molecular flexibility index (Phi) is 5.27. The number of piperidine rings is 1. The second kappa shape index (κ2) is 8.16. The lowest BCUT2D eigenvalue weighted by Gasteiger charge is -2.32. The maximum Gasteiger partial charge on any atom is 0.272 e. The topological polar surface area (TPSA) is 104 Å². The highest BCUT2D eigenvalue weighted by Gasteiger charge is 2.25. The zero-order chi connectivity index (χ0) is 19.3. The summed E-state index contributed by atoms with van der Waals surface area (Å²) in [6.07, 6.45) is 6.97. The van der Waals surface area contributed by atoms with Crippen molar-refractivity contribution in [3.05, 3.63) is 54.2 Å². The second-order valence-corrected chi connectivity index (χ2v) is 7.05. The zero-order valence-corrected chi connectivity index (χ0v) is 15.5. The number of benzene rings is 1. The standard InChI is InChI=1S/C20H22N6O2/c27-18(10-15-12-21-7-8-22-15)26-9-3-4-14(13-26)11-23-20(28)19-16-5-1-2-6-17(16)24-25-19/h1-2,5-8,12,14H,3-4,9-11,13H2,(H,23,28)(H,24,25)/t14-/m1/s1. The van der Waals surface area contributed by atoms with Crippen LogP contribution in [0.25, 0.3) is 10.9 Å². The molecule has 0 radical (unpaired) electrons. The molecule has 2 aromatic heterocycles. The maximum absolute atomic E-state index is 12.5. The lowest BCUT2D eigenvalue weighted by atomic mass is 9.97. The van der Waals surface area contributed by atoms with Gasteiger partial charge in [0.15, 0.2) is 5.69 Å². The molecular formula is C20H22N6O2. The van der Waals surface area contributed by atoms with Gasteiger partial charge >= 0.3 is 0 Å². The molecule has 1 atom stereocenters. The van der Waals surface area contributed by atoms with Crippen LogP contribution in [-0.2, 0) is 11.2 Å². The van der Waals surface area contributed by atoms with E-state index in [2.05, 4.69) is 25.5 Å². The van der Waals surface area contributed by atoms with Gasteiger partial charge in [-0.2, -0.15) is 5.10 Å². The van der Waals surface area contributed by atoms with Crippen LogP contribution in [-0.4, -0.2) is 56.5 Å². The Morgan fingerprint density at radius 3 is 3.00 bits per heavy atom. The summed E-state index contributed by atoms with van der Waals surface area (Å²) in [6.45, 7) is 1.91. The summed E-state index contributed by atoms with van der Waals surface area (Å²) in [7, 11) is 0. The summed E-state index contributed by atoms with van der Waals surface area (Å²) >= 11 is 0. The Bertz CT molecular complexity index is 971. The Morgan fingerprint density at radius 1 is 1.25 bits per heavy atom. The van der Waals surface area contributed by atoms with Gasteiger partial charge in [-0.05, 0) is 24.8 Å². The average Bonchev–Trinajstić information content (AvgIpc) is 3.17. The van der Waals surface area contributed by atoms with Crippen molar-refractivity contribution in [1.82, 2.24) is 30.4 Å². The number of hydrogen-bond donors (Lipinski definition) is 2. The lowest BCUT2D eigenvalue weighted by Crippen LogP contribution is -2.44. The first-order valence-corrected chi connectivity index (χ1v) is 9.44. The number of nitrogens with one attached hydrogen (secondary N) is 2. The van der Waals surface area contributed by atoms with Crippen LogP contribution in [0.3, 0.4) is 0 Å². The van der Waals surface area contributed by atoms with Crippen LogP contribution in [0.15, 0.2) is 42.9 Å². The molecule has 2 N–H and O–H groups in total. The van der Waals surface area contributed by atoms with Gasteiger partial charge in [-0.25, -0.2) is 0 Å². The molecule has 144 valence electrons. The van der Waals surface area contributed by atoms with E-state index in [0.717, 1.165) is 30.3 Å². The van der Waals surface area contributed by atoms with Crippen LogP contribution in [0.4, 0.5) is 0 Å². The van der Waals surface area contributed by atoms with E-state index in [4.69, 9.17) is 0 Å². The number of likely N-dealkylation sites (tertiary alicyclic amines) is 1. The van der Waals surface area contributed by atoms with Crippen molar-refractivity contribution >= 4 is 22.7 Å². The van der Waals surface area contributed by atoms with Gasteiger partial charge in [-0.15, -0.1) is 0 Å². The van der Waals surface area contributed by atoms with Crippen molar-refractivity contribution in [2.75, 3.05) is 19.6 Å². The van der Waals surface area contributed by atoms with E-state index >= 15 is 0 Å². The third kappa shape index (κ3) is 4.00. The van der Waals surface area contributed by atoms with Crippen molar-refractivity contribution in [2.24, 2.45) is 5.92 Å². The third-order valence-corrected chi connectivity index (χ3v) is 5.06. The molecule has 0 unspecified atom stereocenters. The summed E-state index contributed by atoms with van der Waals surface area (Å²) in [5, 5.41) is 10.8. The molecule has 3 aromatic rings. The highest BCUT2D eigenvalue weighted by Crippen LogP contribution is 2.18. The summed E-state index contributed by atoms with van der Waals surface area (Å²) in [6, 6.07) is 7.55. The second-order valence-electron chi connectivity index (χ2n) is 7.05. The number of carbonyl (C=O) groups excluding carboxylic acids is 2. The summed E-state index contributed by atoms with van der Waals surface area (Å²) < 4.78 is 0. The number of hydrogen-bond acceptors (Lipinski definition) is 5. The van der Waals surface area contributed by atoms with Crippen LogP contribution in [0.2, 0.25) is 0 Å². The highest BCUT2D eigenvalue weighted by molar-refractivity contribution is 6.04. The number of carbonyl (C=O) groups is 2. The van der Waals surface area contributed by atoms with E-state index in [1.165, 1.54) is 0 Å². The number of fused-ring (bicyclic) bond motifs is 1. The van der Waals surface area contributed by atoms with E-state index in [0.29, 0.717) is 24.5 Å². The summed E-state index contributed by atoms with van der Waals surface area (Å²) in [5.74, 6) is 0.0870. The van der Waals surface area contributed by atoms with Crippen molar-refractivity contribution in [2.45, 2.75) is 19.3 Å². The lowest BCUT2D eigenvalue weighted by molar-refractivity contribution is -0.132. The van der Waals surface area contributed by atoms with E-state index in [1.807, 2.05) is 29.2 Å². The van der Waals surface area contributed by atoms with Gasteiger partial charge in [0.2, 0.25) is 5.91 Å². The molecule has 1 aliphatic rings. The minimum atomic E-state index is -0.194. The Labute approximate surface area is 162 Å². The Morgan fingerprint density at radius 2 is 2.14 bits per heavy atom. The summed E-state index contributed by atoms with van der Waals surface area (Å²) in [5.41, 5.74) is 1.92. The molecule has 8 heteroatoms. The van der Waals surface area contributed by atoms with E-state index in [9.17, 15) is 9.59 Å². The molecule has 1 saturated heterocycles. The van der Waals surface area contributed by atoms with Crippen LogP contribution in [0, 0.1) is 5.92 Å². The van der Waals surface area contributed by atoms with Crippen LogP contribution in [0.1, 0.15) is 29.0 Å². The van der Waals surface area contributed by atoms with Crippen LogP contribution in [0.5, 0.6) is 0 Å². The maximum atomic E-state index is 12.5. The van der Waals surface area contributed by atoms with Gasteiger partial charge in [0, 0.05) is 43.6 Å². The zero-order valence-electron chi connectivity index (χ0n) is 15.5. The molecule has 0 saturated carbocycles. The fraction of sp³-hybridized carbons (Fsp3) is 0.350. The molecular weight excluding hydrogens is 356 g/mol. The molecule has 8 nitrogen and oxygen atoms in total. The molecule has 1 aromatic carbocycles. The molecule has 4 rings (SSSR count). The normalized spacial score (nSPS) is 16.9. The molecule has 0 spiro atoms. The molecule has 28 heavy (non-hydrogen) atoms. The Balaban J connectivity index is 1.32. The SMILES string of the molecule is O=C(NC[C@H]1CCCN(C(=O)Cc2cnccn2)C1)c1n[nH]c2ccccc12. The fourth-order valence-corrected chi connectivity index (χ4v) is 3.60. The van der Waals surface area contributed by atoms with Crippen molar-refractivity contribution in [3.63, 3.8) is 0 Å². The monoisotopic (exact) mass is 378 g/mol. The predicted molar refractivity (Wildman–Crippen MR) is 103 cm³/mol. The predicted octanol–water partition coefficient (Wildman–Crippen LogP) is 1.56. The number of rotatable bonds is 5. The van der Waals surface area contributed by atoms with Crippen molar-refractivity contribution in [1.29, 1.82) is 0 Å². The third-order valence-electron chi connectivity index (χ3n) is 5.06. The van der Waals surface area contributed by atoms with E-state index in [1.54, 1.807) is 18.6 Å². The number of para-hydroxylation sites is 1. The van der Waals surface area contributed by atoms with Gasteiger partial charge in [-0.3, -0.25) is 24.7 Å². The number of aromatic nitrogens is 4. The summed E-state index contributed by atoms with van der Waals surface area (Å²) in [4.78, 5) is 35.1. The van der Waals surface area contributed by atoms with Gasteiger partial charge in [0.25, 0.3) is 5.91 Å². The van der Waals surface area contributed by atoms with Gasteiger partial charge in [0.05, 0.1) is 17.6 Å². The number of aromatic amines is 1. The largest absolute Gasteiger partial charge is 0.350 e. The minimum absolute atomic E-state index is 0.0508. The fourth-order valence-electron chi connectivity index (χ4n) is 3.60. The van der Waals surface area contributed by atoms with E-state index in [-0.39, 0.29) is 24.2 Å². The minimum Gasteiger partial charge on any atom is -0.350 e. The Hall–Kier alpha value is -3.29. The molecule has 1 fully saturated rings. The van der Waals surface area contributed by atoms with Gasteiger partial charge in [0.1, 0.15) is 0 Å². The smallest absolute Gasteiger partial charge is 0.272 e. The first-order valence-electron chi connectivity index (χ1n) is 9.44. The van der Waals surface area contributed by atoms with Gasteiger partial charge in [-0.1, -0.05) is 18.2 Å². The van der Waals surface area contributed by atoms with Crippen LogP contribution < -0.4 is 5.32 Å². The number of H-pyrrole nitrogens is 1. The van der Waals surface area contributed by atoms with Crippen molar-refractivity contribution < 1.29 is 9.59 Å². The first kappa shape index (κ1) is 18.1. The molecule has 2 amide bonds. The average molecular weight is 378 g/mol.